The molecule has 0 aliphatic rings. The second kappa shape index (κ2) is 6.64. The number of rotatable bonds is 7. The van der Waals surface area contributed by atoms with Crippen LogP contribution in [-0.2, 0) is 4.74 Å². The van der Waals surface area contributed by atoms with Crippen molar-refractivity contribution in [2.45, 2.75) is 39.7 Å². The molecule has 0 radical (unpaired) electrons. The number of methoxy groups -OCH3 is 1. The highest BCUT2D eigenvalue weighted by Gasteiger charge is 2.15. The maximum Gasteiger partial charge on any atom is 0.119 e. The van der Waals surface area contributed by atoms with Gasteiger partial charge >= 0.3 is 0 Å². The molecule has 1 aromatic rings. The lowest BCUT2D eigenvalue weighted by Crippen LogP contribution is -2.25. The summed E-state index contributed by atoms with van der Waals surface area (Å²) in [7, 11) is 1.75. The Morgan fingerprint density at radius 1 is 1.28 bits per heavy atom. The minimum absolute atomic E-state index is 0.0772. The first-order valence-corrected chi connectivity index (χ1v) is 6.51. The summed E-state index contributed by atoms with van der Waals surface area (Å²) in [5.41, 5.74) is 2.29. The van der Waals surface area contributed by atoms with Crippen molar-refractivity contribution in [2.75, 3.05) is 25.6 Å². The van der Waals surface area contributed by atoms with Gasteiger partial charge < -0.3 is 14.8 Å². The van der Waals surface area contributed by atoms with Crippen molar-refractivity contribution in [2.24, 2.45) is 0 Å². The average Bonchev–Trinajstić information content (AvgIpc) is 2.32. The lowest BCUT2D eigenvalue weighted by atomic mass is 10.1. The third-order valence-corrected chi connectivity index (χ3v) is 3.10. The van der Waals surface area contributed by atoms with Crippen molar-refractivity contribution in [3.05, 3.63) is 23.8 Å². The molecule has 0 bridgehead atoms. The van der Waals surface area contributed by atoms with Gasteiger partial charge in [0.25, 0.3) is 0 Å². The summed E-state index contributed by atoms with van der Waals surface area (Å²) in [5, 5.41) is 3.44. The Morgan fingerprint density at radius 3 is 2.56 bits per heavy atom. The topological polar surface area (TPSA) is 30.5 Å². The van der Waals surface area contributed by atoms with Crippen LogP contribution in [0.5, 0.6) is 5.75 Å². The van der Waals surface area contributed by atoms with Gasteiger partial charge in [-0.3, -0.25) is 0 Å². The van der Waals surface area contributed by atoms with Gasteiger partial charge in [0.05, 0.1) is 12.2 Å². The van der Waals surface area contributed by atoms with E-state index in [-0.39, 0.29) is 5.60 Å². The van der Waals surface area contributed by atoms with Gasteiger partial charge in [-0.05, 0) is 57.9 Å². The van der Waals surface area contributed by atoms with E-state index in [1.807, 2.05) is 13.0 Å². The van der Waals surface area contributed by atoms with Gasteiger partial charge in [-0.1, -0.05) is 0 Å². The van der Waals surface area contributed by atoms with Gasteiger partial charge in [0.2, 0.25) is 0 Å². The van der Waals surface area contributed by atoms with Crippen LogP contribution in [0.2, 0.25) is 0 Å². The Kier molecular flexibility index (Phi) is 5.48. The lowest BCUT2D eigenvalue weighted by Gasteiger charge is -2.23. The lowest BCUT2D eigenvalue weighted by molar-refractivity contribution is 0.0185. The van der Waals surface area contributed by atoms with Crippen LogP contribution < -0.4 is 10.1 Å². The molecule has 3 nitrogen and oxygen atoms in total. The molecule has 0 aliphatic carbocycles. The molecule has 1 N–H and O–H groups in total. The van der Waals surface area contributed by atoms with Crippen LogP contribution in [0.3, 0.4) is 0 Å². The smallest absolute Gasteiger partial charge is 0.119 e. The molecule has 0 spiro atoms. The van der Waals surface area contributed by atoms with Crippen molar-refractivity contribution in [3.63, 3.8) is 0 Å². The van der Waals surface area contributed by atoms with Gasteiger partial charge in [0, 0.05) is 19.3 Å². The summed E-state index contributed by atoms with van der Waals surface area (Å²) in [4.78, 5) is 0. The number of benzene rings is 1. The normalized spacial score (nSPS) is 11.4. The van der Waals surface area contributed by atoms with E-state index >= 15 is 0 Å². The van der Waals surface area contributed by atoms with Crippen LogP contribution in [0.25, 0.3) is 0 Å². The van der Waals surface area contributed by atoms with Crippen LogP contribution in [0.15, 0.2) is 18.2 Å². The fourth-order valence-electron chi connectivity index (χ4n) is 1.69. The van der Waals surface area contributed by atoms with E-state index in [4.69, 9.17) is 9.47 Å². The second-order valence-corrected chi connectivity index (χ2v) is 5.05. The molecule has 102 valence electrons. The van der Waals surface area contributed by atoms with Gasteiger partial charge in [-0.15, -0.1) is 0 Å². The van der Waals surface area contributed by atoms with Crippen molar-refractivity contribution in [1.29, 1.82) is 0 Å². The van der Waals surface area contributed by atoms with Crippen LogP contribution >= 0.6 is 0 Å². The highest BCUT2D eigenvalue weighted by molar-refractivity contribution is 5.53. The maximum absolute atomic E-state index is 5.47. The molecule has 0 heterocycles. The minimum Gasteiger partial charge on any atom is -0.494 e. The second-order valence-electron chi connectivity index (χ2n) is 5.05. The largest absolute Gasteiger partial charge is 0.494 e. The Bertz CT molecular complexity index is 375. The van der Waals surface area contributed by atoms with Gasteiger partial charge in [0.1, 0.15) is 5.75 Å². The predicted octanol–water partition coefficient (Wildman–Crippen LogP) is 3.62. The van der Waals surface area contributed by atoms with Crippen LogP contribution in [-0.4, -0.2) is 25.9 Å². The van der Waals surface area contributed by atoms with E-state index < -0.39 is 0 Å². The number of anilines is 1. The van der Waals surface area contributed by atoms with Crippen LogP contribution in [0.4, 0.5) is 5.69 Å². The Hall–Kier alpha value is -1.22. The zero-order valence-electron chi connectivity index (χ0n) is 12.2. The first-order chi connectivity index (χ1) is 8.48. The Labute approximate surface area is 110 Å². The maximum atomic E-state index is 5.47. The minimum atomic E-state index is -0.0772. The van der Waals surface area contributed by atoms with E-state index in [1.165, 1.54) is 5.56 Å². The first kappa shape index (κ1) is 14.8. The summed E-state index contributed by atoms with van der Waals surface area (Å²) < 4.78 is 10.9. The SMILES string of the molecule is CCOc1ccc(NCCC(C)(C)OC)c(C)c1. The summed E-state index contributed by atoms with van der Waals surface area (Å²) in [6.45, 7) is 9.88. The molecule has 18 heavy (non-hydrogen) atoms. The summed E-state index contributed by atoms with van der Waals surface area (Å²) in [5.74, 6) is 0.928. The van der Waals surface area contributed by atoms with Crippen LogP contribution in [0.1, 0.15) is 32.8 Å². The monoisotopic (exact) mass is 251 g/mol. The van der Waals surface area contributed by atoms with Crippen molar-refractivity contribution in [3.8, 4) is 5.75 Å². The van der Waals surface area contributed by atoms with Crippen molar-refractivity contribution >= 4 is 5.69 Å². The average molecular weight is 251 g/mol. The molecule has 3 heteroatoms. The van der Waals surface area contributed by atoms with E-state index in [0.29, 0.717) is 6.61 Å². The Balaban J connectivity index is 2.53. The molecular weight excluding hydrogens is 226 g/mol. The third-order valence-electron chi connectivity index (χ3n) is 3.10. The molecule has 0 fully saturated rings. The Morgan fingerprint density at radius 2 is 2.00 bits per heavy atom. The van der Waals surface area contributed by atoms with Crippen LogP contribution in [0, 0.1) is 6.92 Å². The molecule has 0 aliphatic heterocycles. The number of hydrogen-bond acceptors (Lipinski definition) is 3. The number of aryl methyl sites for hydroxylation is 1. The summed E-state index contributed by atoms with van der Waals surface area (Å²) in [6.07, 6.45) is 0.968. The van der Waals surface area contributed by atoms with Crippen molar-refractivity contribution < 1.29 is 9.47 Å². The molecule has 1 rings (SSSR count). The molecule has 0 atom stereocenters. The number of nitrogens with one attached hydrogen (secondary N) is 1. The molecule has 0 saturated heterocycles. The summed E-state index contributed by atoms with van der Waals surface area (Å²) in [6, 6.07) is 6.13. The summed E-state index contributed by atoms with van der Waals surface area (Å²) >= 11 is 0. The highest BCUT2D eigenvalue weighted by atomic mass is 16.5. The van der Waals surface area contributed by atoms with Gasteiger partial charge in [-0.25, -0.2) is 0 Å². The molecular formula is C15H25NO2. The van der Waals surface area contributed by atoms with E-state index in [0.717, 1.165) is 24.4 Å². The predicted molar refractivity (Wildman–Crippen MR) is 76.5 cm³/mol. The number of ether oxygens (including phenoxy) is 2. The molecule has 0 aromatic heterocycles. The zero-order chi connectivity index (χ0) is 13.6. The zero-order valence-corrected chi connectivity index (χ0v) is 12.2. The van der Waals surface area contributed by atoms with E-state index in [2.05, 4.69) is 38.2 Å². The molecule has 0 saturated carbocycles. The quantitative estimate of drug-likeness (QED) is 0.803. The fraction of sp³-hybridized carbons (Fsp3) is 0.600. The highest BCUT2D eigenvalue weighted by Crippen LogP contribution is 2.22. The van der Waals surface area contributed by atoms with Gasteiger partial charge in [0.15, 0.2) is 0 Å². The third kappa shape index (κ3) is 4.57. The fourth-order valence-corrected chi connectivity index (χ4v) is 1.69. The van der Waals surface area contributed by atoms with E-state index in [9.17, 15) is 0 Å². The number of hydrogen-bond donors (Lipinski definition) is 1. The molecule has 0 unspecified atom stereocenters. The van der Waals surface area contributed by atoms with E-state index in [1.54, 1.807) is 7.11 Å². The first-order valence-electron chi connectivity index (χ1n) is 6.51. The van der Waals surface area contributed by atoms with Crippen molar-refractivity contribution in [1.82, 2.24) is 0 Å². The molecule has 0 amide bonds. The molecule has 1 aromatic carbocycles. The standard InChI is InChI=1S/C15H25NO2/c1-6-18-13-7-8-14(12(2)11-13)16-10-9-15(3,4)17-5/h7-8,11,16H,6,9-10H2,1-5H3. The van der Waals surface area contributed by atoms with Gasteiger partial charge in [-0.2, -0.15) is 0 Å².